The molecule has 1 N–H and O–H groups in total. The highest BCUT2D eigenvalue weighted by molar-refractivity contribution is 8.93. The maximum atomic E-state index is 3.71. The minimum absolute atomic E-state index is 0. The minimum atomic E-state index is 0. The number of nitrogens with one attached hydrogen (secondary N) is 1. The molecule has 1 aliphatic rings. The van der Waals surface area contributed by atoms with Gasteiger partial charge in [0.1, 0.15) is 0 Å². The van der Waals surface area contributed by atoms with Gasteiger partial charge >= 0.3 is 0 Å². The zero-order valence-corrected chi connectivity index (χ0v) is 14.1. The third-order valence-electron chi connectivity index (χ3n) is 2.25. The lowest BCUT2D eigenvalue weighted by molar-refractivity contribution is 0.310. The van der Waals surface area contributed by atoms with Crippen LogP contribution in [0.15, 0.2) is 43.9 Å². The molecule has 6 heteroatoms. The molecule has 1 aromatic rings. The van der Waals surface area contributed by atoms with Gasteiger partial charge in [0.25, 0.3) is 0 Å². The molecule has 0 aliphatic carbocycles. The fourth-order valence-electron chi connectivity index (χ4n) is 1.32. The van der Waals surface area contributed by atoms with Crippen LogP contribution in [0.1, 0.15) is 19.8 Å². The first-order valence-corrected chi connectivity index (χ1v) is 5.60. The van der Waals surface area contributed by atoms with Crippen molar-refractivity contribution in [1.82, 2.24) is 19.8 Å². The average Bonchev–Trinajstić information content (AvgIpc) is 3.00. The summed E-state index contributed by atoms with van der Waals surface area (Å²) in [4.78, 5) is 10.8. The third kappa shape index (κ3) is 8.36. The Morgan fingerprint density at radius 3 is 2.56 bits per heavy atom. The topological polar surface area (TPSA) is 35.2 Å². The highest BCUT2D eigenvalue weighted by Crippen LogP contribution is 2.06. The summed E-state index contributed by atoms with van der Waals surface area (Å²) in [5.74, 6) is 0. The summed E-state index contributed by atoms with van der Waals surface area (Å²) in [7, 11) is 0. The van der Waals surface area contributed by atoms with E-state index >= 15 is 0 Å². The number of imidazole rings is 1. The lowest BCUT2D eigenvalue weighted by Crippen LogP contribution is -2.22. The fourth-order valence-corrected chi connectivity index (χ4v) is 1.32. The van der Waals surface area contributed by atoms with Crippen molar-refractivity contribution in [2.45, 2.75) is 19.8 Å². The highest BCUT2D eigenvalue weighted by Gasteiger charge is 2.07. The lowest BCUT2D eigenvalue weighted by atomic mass is 10.3. The number of nitrogens with zero attached hydrogens (tertiary/aromatic N) is 3. The van der Waals surface area contributed by atoms with Crippen molar-refractivity contribution < 1.29 is 0 Å². The molecule has 1 aliphatic heterocycles. The van der Waals surface area contributed by atoms with E-state index < -0.39 is 0 Å². The molecule has 0 bridgehead atoms. The van der Waals surface area contributed by atoms with Gasteiger partial charge in [0.2, 0.25) is 0 Å². The number of halogens is 2. The first-order chi connectivity index (χ1) is 7.86. The predicted molar refractivity (Wildman–Crippen MR) is 86.9 cm³/mol. The minimum Gasteiger partial charge on any atom is -0.358 e. The van der Waals surface area contributed by atoms with Gasteiger partial charge in [-0.2, -0.15) is 0 Å². The van der Waals surface area contributed by atoms with Crippen molar-refractivity contribution in [3.63, 3.8) is 0 Å². The normalized spacial score (nSPS) is 12.1. The van der Waals surface area contributed by atoms with E-state index in [-0.39, 0.29) is 34.0 Å². The Balaban J connectivity index is 0. The molecular weight excluding hydrogens is 360 g/mol. The van der Waals surface area contributed by atoms with E-state index in [0.717, 1.165) is 13.2 Å². The second-order valence-electron chi connectivity index (χ2n) is 3.56. The average molecular weight is 382 g/mol. The van der Waals surface area contributed by atoms with Crippen LogP contribution in [0.5, 0.6) is 0 Å². The number of aromatic amines is 1. The van der Waals surface area contributed by atoms with Crippen LogP contribution < -0.4 is 0 Å². The number of rotatable bonds is 4. The van der Waals surface area contributed by atoms with Gasteiger partial charge in [-0.25, -0.2) is 4.98 Å². The Hall–Kier alpha value is -0.750. The summed E-state index contributed by atoms with van der Waals surface area (Å²) >= 11 is 0. The summed E-state index contributed by atoms with van der Waals surface area (Å²) in [5, 5.41) is 0. The Kier molecular flexibility index (Phi) is 13.8. The summed E-state index contributed by atoms with van der Waals surface area (Å²) in [5.41, 5.74) is 0. The maximum absolute atomic E-state index is 3.71. The number of H-pyrrole nitrogens is 1. The Morgan fingerprint density at radius 1 is 1.39 bits per heavy atom. The molecule has 0 spiro atoms. The van der Waals surface area contributed by atoms with E-state index in [9.17, 15) is 0 Å². The van der Waals surface area contributed by atoms with Crippen molar-refractivity contribution in [2.75, 3.05) is 13.2 Å². The lowest BCUT2D eigenvalue weighted by Gasteiger charge is -2.17. The zero-order valence-electron chi connectivity index (χ0n) is 10.7. The second kappa shape index (κ2) is 12.7. The van der Waals surface area contributed by atoms with Crippen molar-refractivity contribution in [3.8, 4) is 0 Å². The van der Waals surface area contributed by atoms with E-state index in [1.54, 1.807) is 18.7 Å². The number of aromatic nitrogens is 2. The van der Waals surface area contributed by atoms with Gasteiger partial charge in [0, 0.05) is 31.3 Å². The monoisotopic (exact) mass is 380 g/mol. The van der Waals surface area contributed by atoms with Gasteiger partial charge in [-0.15, -0.1) is 34.0 Å². The zero-order chi connectivity index (χ0) is 11.6. The Morgan fingerprint density at radius 2 is 2.17 bits per heavy atom. The second-order valence-corrected chi connectivity index (χ2v) is 3.56. The Labute approximate surface area is 130 Å². The van der Waals surface area contributed by atoms with Gasteiger partial charge in [-0.05, 0) is 12.6 Å². The van der Waals surface area contributed by atoms with E-state index in [1.807, 2.05) is 6.20 Å². The van der Waals surface area contributed by atoms with Gasteiger partial charge in [0.15, 0.2) is 0 Å². The molecule has 0 radical (unpaired) electrons. The fraction of sp³-hybridized carbons (Fsp3) is 0.417. The van der Waals surface area contributed by atoms with Crippen LogP contribution in [0.2, 0.25) is 0 Å². The molecule has 2 heterocycles. The molecule has 18 heavy (non-hydrogen) atoms. The van der Waals surface area contributed by atoms with E-state index in [0.29, 0.717) is 0 Å². The van der Waals surface area contributed by atoms with Crippen LogP contribution in [0, 0.1) is 0 Å². The smallest absolute Gasteiger partial charge is 0.0935 e. The van der Waals surface area contributed by atoms with Crippen molar-refractivity contribution in [3.05, 3.63) is 43.9 Å². The first kappa shape index (κ1) is 19.6. The van der Waals surface area contributed by atoms with E-state index in [2.05, 4.69) is 45.7 Å². The maximum Gasteiger partial charge on any atom is 0.0935 e. The number of hydrogen-bond donors (Lipinski definition) is 1. The Bertz CT molecular complexity index is 284. The molecule has 0 unspecified atom stereocenters. The highest BCUT2D eigenvalue weighted by atomic mass is 79.9. The molecule has 0 atom stereocenters. The number of hydrogen-bond acceptors (Lipinski definition) is 3. The van der Waals surface area contributed by atoms with Crippen LogP contribution in [0.4, 0.5) is 0 Å². The molecule has 0 saturated carbocycles. The van der Waals surface area contributed by atoms with E-state index in [1.165, 1.54) is 12.8 Å². The molecule has 0 fully saturated rings. The molecule has 1 aromatic heterocycles. The van der Waals surface area contributed by atoms with Gasteiger partial charge in [0.05, 0.1) is 13.0 Å². The van der Waals surface area contributed by atoms with Crippen molar-refractivity contribution in [2.24, 2.45) is 0 Å². The quantitative estimate of drug-likeness (QED) is 0.866. The van der Waals surface area contributed by atoms with Crippen LogP contribution in [-0.4, -0.2) is 33.0 Å². The van der Waals surface area contributed by atoms with Crippen molar-refractivity contribution >= 4 is 34.0 Å². The summed E-state index contributed by atoms with van der Waals surface area (Å²) in [6, 6.07) is 0. The van der Waals surface area contributed by atoms with E-state index in [4.69, 9.17) is 0 Å². The molecule has 2 rings (SSSR count). The molecule has 0 amide bonds. The molecule has 0 saturated heterocycles. The summed E-state index contributed by atoms with van der Waals surface area (Å²) in [6.45, 7) is 8.06. The van der Waals surface area contributed by atoms with Crippen LogP contribution in [0.25, 0.3) is 0 Å². The van der Waals surface area contributed by atoms with Crippen molar-refractivity contribution in [1.29, 1.82) is 0 Å². The molecule has 104 valence electrons. The standard InChI is InChI=1S/C9H16N2.C3H4N2.2BrH/c1-3-5-6-11-8-7-10(4-2)9-11;1-2-5-3-4-1;;/h4,7-8H,2-3,5-6,9H2,1H3;1-3H,(H,4,5);2*1H. The largest absolute Gasteiger partial charge is 0.358 e. The molecular formula is C12H22Br2N4. The van der Waals surface area contributed by atoms with Gasteiger partial charge in [-0.3, -0.25) is 0 Å². The summed E-state index contributed by atoms with van der Waals surface area (Å²) < 4.78 is 0. The van der Waals surface area contributed by atoms with Crippen LogP contribution in [0.3, 0.4) is 0 Å². The first-order valence-electron chi connectivity index (χ1n) is 5.60. The predicted octanol–water partition coefficient (Wildman–Crippen LogP) is 3.54. The van der Waals surface area contributed by atoms with Gasteiger partial charge in [-0.1, -0.05) is 19.9 Å². The SMILES string of the molecule is Br.Br.C=CN1C=CN(CCCC)C1.c1c[nH]cn1. The van der Waals surface area contributed by atoms with Crippen LogP contribution >= 0.6 is 34.0 Å². The van der Waals surface area contributed by atoms with Gasteiger partial charge < -0.3 is 14.8 Å². The summed E-state index contributed by atoms with van der Waals surface area (Å²) in [6.07, 6.45) is 13.6. The third-order valence-corrected chi connectivity index (χ3v) is 2.25. The molecule has 4 nitrogen and oxygen atoms in total. The molecule has 0 aromatic carbocycles. The van der Waals surface area contributed by atoms with Crippen LogP contribution in [-0.2, 0) is 0 Å². The number of unbranched alkanes of at least 4 members (excludes halogenated alkanes) is 1.